The lowest BCUT2D eigenvalue weighted by atomic mass is 10.1. The van der Waals surface area contributed by atoms with E-state index in [0.717, 1.165) is 25.9 Å². The molecule has 0 aromatic heterocycles. The minimum absolute atomic E-state index is 0.150. The Hall–Kier alpha value is -1.30. The van der Waals surface area contributed by atoms with Crippen molar-refractivity contribution in [3.05, 3.63) is 0 Å². The average Bonchev–Trinajstić information content (AvgIpc) is 2.30. The number of hydrogen-bond acceptors (Lipinski definition) is 3. The highest BCUT2D eigenvalue weighted by Crippen LogP contribution is 2.06. The van der Waals surface area contributed by atoms with Gasteiger partial charge in [-0.3, -0.25) is 0 Å². The summed E-state index contributed by atoms with van der Waals surface area (Å²) in [4.78, 5) is 24.1. The van der Waals surface area contributed by atoms with Gasteiger partial charge in [-0.15, -0.1) is 0 Å². The van der Waals surface area contributed by atoms with E-state index in [-0.39, 0.29) is 12.1 Å². The summed E-state index contributed by atoms with van der Waals surface area (Å²) in [5.74, 6) is -0.963. The molecule has 6 nitrogen and oxygen atoms in total. The molecule has 1 saturated heterocycles. The smallest absolute Gasteiger partial charge is 0.326 e. The molecule has 1 atom stereocenters. The van der Waals surface area contributed by atoms with Crippen LogP contribution in [0.5, 0.6) is 0 Å². The molecule has 1 fully saturated rings. The van der Waals surface area contributed by atoms with E-state index in [1.807, 2.05) is 0 Å². The van der Waals surface area contributed by atoms with Crippen molar-refractivity contribution in [2.45, 2.75) is 38.3 Å². The summed E-state index contributed by atoms with van der Waals surface area (Å²) >= 11 is 0. The van der Waals surface area contributed by atoms with E-state index in [1.165, 1.54) is 11.9 Å². The van der Waals surface area contributed by atoms with E-state index in [4.69, 9.17) is 5.11 Å². The molecule has 0 bridgehead atoms. The van der Waals surface area contributed by atoms with Crippen LogP contribution in [0.4, 0.5) is 4.79 Å². The zero-order chi connectivity index (χ0) is 12.8. The van der Waals surface area contributed by atoms with E-state index in [2.05, 4.69) is 10.6 Å². The monoisotopic (exact) mass is 243 g/mol. The van der Waals surface area contributed by atoms with Gasteiger partial charge < -0.3 is 20.6 Å². The minimum atomic E-state index is -0.963. The summed E-state index contributed by atoms with van der Waals surface area (Å²) in [7, 11) is 1.53. The number of amides is 2. The first-order valence-corrected chi connectivity index (χ1v) is 6.03. The fourth-order valence-electron chi connectivity index (χ4n) is 2.00. The van der Waals surface area contributed by atoms with Gasteiger partial charge in [0.1, 0.15) is 6.04 Å². The van der Waals surface area contributed by atoms with Crippen molar-refractivity contribution in [2.24, 2.45) is 0 Å². The van der Waals surface area contributed by atoms with Crippen LogP contribution in [0, 0.1) is 0 Å². The van der Waals surface area contributed by atoms with Gasteiger partial charge in [-0.05, 0) is 32.4 Å². The summed E-state index contributed by atoms with van der Waals surface area (Å²) in [5.41, 5.74) is 0. The molecule has 0 radical (unpaired) electrons. The van der Waals surface area contributed by atoms with Crippen LogP contribution < -0.4 is 10.6 Å². The maximum atomic E-state index is 11.8. The van der Waals surface area contributed by atoms with E-state index in [1.54, 1.807) is 6.92 Å². The number of carboxylic acid groups (broad SMARTS) is 1. The van der Waals surface area contributed by atoms with Crippen LogP contribution in [0.25, 0.3) is 0 Å². The maximum Gasteiger partial charge on any atom is 0.326 e. The standard InChI is InChI=1S/C11H21N3O3/c1-3-9(10(15)16)14(2)11(17)13-8-4-6-12-7-5-8/h8-9,12H,3-7H2,1-2H3,(H,13,17)(H,15,16). The summed E-state index contributed by atoms with van der Waals surface area (Å²) < 4.78 is 0. The van der Waals surface area contributed by atoms with Gasteiger partial charge in [-0.2, -0.15) is 0 Å². The number of nitrogens with one attached hydrogen (secondary N) is 2. The number of hydrogen-bond donors (Lipinski definition) is 3. The Morgan fingerprint density at radius 1 is 1.47 bits per heavy atom. The largest absolute Gasteiger partial charge is 0.480 e. The molecule has 0 aromatic carbocycles. The van der Waals surface area contributed by atoms with Crippen LogP contribution in [0.1, 0.15) is 26.2 Å². The predicted molar refractivity (Wildman–Crippen MR) is 63.9 cm³/mol. The Morgan fingerprint density at radius 2 is 2.06 bits per heavy atom. The lowest BCUT2D eigenvalue weighted by molar-refractivity contribution is -0.141. The lowest BCUT2D eigenvalue weighted by Gasteiger charge is -2.29. The highest BCUT2D eigenvalue weighted by Gasteiger charge is 2.26. The van der Waals surface area contributed by atoms with Crippen LogP contribution >= 0.6 is 0 Å². The molecule has 1 unspecified atom stereocenters. The summed E-state index contributed by atoms with van der Waals surface area (Å²) in [5, 5.41) is 15.0. The van der Waals surface area contributed by atoms with Crippen LogP contribution in [0.15, 0.2) is 0 Å². The van der Waals surface area contributed by atoms with Crippen molar-refractivity contribution in [1.29, 1.82) is 0 Å². The summed E-state index contributed by atoms with van der Waals surface area (Å²) in [6.07, 6.45) is 2.19. The Bertz CT molecular complexity index is 277. The quantitative estimate of drug-likeness (QED) is 0.661. The van der Waals surface area contributed by atoms with E-state index in [9.17, 15) is 9.59 Å². The van der Waals surface area contributed by atoms with Gasteiger partial charge in [0.2, 0.25) is 0 Å². The van der Waals surface area contributed by atoms with Crippen LogP contribution in [-0.4, -0.2) is 54.2 Å². The normalized spacial score (nSPS) is 18.5. The number of nitrogens with zero attached hydrogens (tertiary/aromatic N) is 1. The van der Waals surface area contributed by atoms with Gasteiger partial charge in [-0.25, -0.2) is 9.59 Å². The molecule has 98 valence electrons. The van der Waals surface area contributed by atoms with Crippen molar-refractivity contribution in [3.8, 4) is 0 Å². The Balaban J connectivity index is 2.47. The second kappa shape index (κ2) is 6.44. The Kier molecular flexibility index (Phi) is 5.21. The number of likely N-dealkylation sites (N-methyl/N-ethyl adjacent to an activating group) is 1. The van der Waals surface area contributed by atoms with Crippen molar-refractivity contribution >= 4 is 12.0 Å². The van der Waals surface area contributed by atoms with Crippen LogP contribution in [-0.2, 0) is 4.79 Å². The fraction of sp³-hybridized carbons (Fsp3) is 0.818. The number of aliphatic carboxylic acids is 1. The van der Waals surface area contributed by atoms with Crippen molar-refractivity contribution < 1.29 is 14.7 Å². The minimum Gasteiger partial charge on any atom is -0.480 e. The molecule has 0 aliphatic carbocycles. The number of piperidine rings is 1. The molecular weight excluding hydrogens is 222 g/mol. The molecule has 0 spiro atoms. The molecule has 0 aromatic rings. The number of urea groups is 1. The van der Waals surface area contributed by atoms with E-state index < -0.39 is 12.0 Å². The number of carboxylic acids is 1. The van der Waals surface area contributed by atoms with Crippen LogP contribution in [0.3, 0.4) is 0 Å². The molecule has 1 rings (SSSR count). The van der Waals surface area contributed by atoms with Gasteiger partial charge in [0.15, 0.2) is 0 Å². The lowest BCUT2D eigenvalue weighted by Crippen LogP contribution is -2.51. The fourth-order valence-corrected chi connectivity index (χ4v) is 2.00. The van der Waals surface area contributed by atoms with Crippen molar-refractivity contribution in [2.75, 3.05) is 20.1 Å². The van der Waals surface area contributed by atoms with Crippen molar-refractivity contribution in [1.82, 2.24) is 15.5 Å². The third-order valence-corrected chi connectivity index (χ3v) is 3.13. The first kappa shape index (κ1) is 13.8. The highest BCUT2D eigenvalue weighted by atomic mass is 16.4. The molecule has 1 aliphatic rings. The van der Waals surface area contributed by atoms with Crippen molar-refractivity contribution in [3.63, 3.8) is 0 Å². The van der Waals surface area contributed by atoms with Gasteiger partial charge in [-0.1, -0.05) is 6.92 Å². The average molecular weight is 243 g/mol. The second-order valence-corrected chi connectivity index (χ2v) is 4.35. The van der Waals surface area contributed by atoms with Crippen LogP contribution in [0.2, 0.25) is 0 Å². The topological polar surface area (TPSA) is 81.7 Å². The molecule has 6 heteroatoms. The molecule has 1 heterocycles. The number of carbonyl (C=O) groups excluding carboxylic acids is 1. The third-order valence-electron chi connectivity index (χ3n) is 3.13. The highest BCUT2D eigenvalue weighted by molar-refractivity contribution is 5.82. The van der Waals surface area contributed by atoms with Gasteiger partial charge in [0, 0.05) is 13.1 Å². The summed E-state index contributed by atoms with van der Waals surface area (Å²) in [6.45, 7) is 3.54. The van der Waals surface area contributed by atoms with Gasteiger partial charge in [0.25, 0.3) is 0 Å². The Morgan fingerprint density at radius 3 is 2.53 bits per heavy atom. The second-order valence-electron chi connectivity index (χ2n) is 4.35. The number of rotatable bonds is 4. The zero-order valence-electron chi connectivity index (χ0n) is 10.4. The molecule has 2 amide bonds. The zero-order valence-corrected chi connectivity index (χ0v) is 10.4. The third kappa shape index (κ3) is 3.89. The predicted octanol–water partition coefficient (Wildman–Crippen LogP) is 0.243. The molecular formula is C11H21N3O3. The van der Waals surface area contributed by atoms with Gasteiger partial charge in [0.05, 0.1) is 0 Å². The molecule has 17 heavy (non-hydrogen) atoms. The van der Waals surface area contributed by atoms with Gasteiger partial charge >= 0.3 is 12.0 Å². The molecule has 3 N–H and O–H groups in total. The molecule has 0 saturated carbocycles. The number of carbonyl (C=O) groups is 2. The summed E-state index contributed by atoms with van der Waals surface area (Å²) in [6, 6.07) is -0.902. The maximum absolute atomic E-state index is 11.8. The first-order chi connectivity index (χ1) is 8.06. The first-order valence-electron chi connectivity index (χ1n) is 6.03. The Labute approximate surface area is 101 Å². The van der Waals surface area contributed by atoms with E-state index in [0.29, 0.717) is 6.42 Å². The van der Waals surface area contributed by atoms with E-state index >= 15 is 0 Å². The molecule has 1 aliphatic heterocycles. The SMILES string of the molecule is CCC(C(=O)O)N(C)C(=O)NC1CCNCC1.